The first-order valence-electron chi connectivity index (χ1n) is 14.4. The van der Waals surface area contributed by atoms with Crippen molar-refractivity contribution in [3.8, 4) is 0 Å². The smallest absolute Gasteiger partial charge is 0.316 e. The molecule has 0 spiro atoms. The second kappa shape index (κ2) is 10.8. The number of amides is 3. The molecule has 3 aliphatic rings. The highest BCUT2D eigenvalue weighted by atomic mass is 19.1. The number of benzene rings is 2. The number of piperidine rings is 1. The standard InChI is InChI=1S/C25H31B4FN4O14/c26-19(27,32-13-3-1-2-10-16(13)21(40,41)33(18(10)37)14-6-7-15(35)31-17(14)36)11-5-4-9(8-12(11)30)20(38,39)34-22(28,42)25(46,47)48-23(29,43)24(34,44)45/h1-5,8,14,32,38-47H,6-7,26-29H2,(H,31,35,36)/t14-,22?,23?/m0/s1. The predicted molar refractivity (Wildman–Crippen MR) is 164 cm³/mol. The highest BCUT2D eigenvalue weighted by Gasteiger charge is 2.74. The summed E-state index contributed by atoms with van der Waals surface area (Å²) in [4.78, 5) is 37.5. The van der Waals surface area contributed by atoms with Crippen molar-refractivity contribution in [2.75, 3.05) is 5.32 Å². The molecule has 5 rings (SSSR count). The molecule has 3 aliphatic heterocycles. The molecule has 0 aromatic heterocycles. The molecular weight excluding hydrogens is 643 g/mol. The fourth-order valence-electron chi connectivity index (χ4n) is 6.26. The van der Waals surface area contributed by atoms with Gasteiger partial charge in [0.25, 0.3) is 23.6 Å². The van der Waals surface area contributed by atoms with Crippen LogP contribution in [0.3, 0.4) is 0 Å². The summed E-state index contributed by atoms with van der Waals surface area (Å²) in [6.07, 6.45) is -0.344. The van der Waals surface area contributed by atoms with Crippen LogP contribution >= 0.6 is 0 Å². The Labute approximate surface area is 273 Å². The number of morpholine rings is 1. The molecule has 254 valence electrons. The Balaban J connectivity index is 1.50. The Bertz CT molecular complexity index is 1700. The molecule has 2 aromatic carbocycles. The van der Waals surface area contributed by atoms with E-state index in [2.05, 4.69) is 10.1 Å². The third-order valence-electron chi connectivity index (χ3n) is 8.82. The van der Waals surface area contributed by atoms with Crippen molar-refractivity contribution in [1.82, 2.24) is 15.1 Å². The maximum Gasteiger partial charge on any atom is 0.316 e. The van der Waals surface area contributed by atoms with Gasteiger partial charge >= 0.3 is 5.97 Å². The molecule has 2 saturated heterocycles. The zero-order valence-electron chi connectivity index (χ0n) is 25.8. The molecule has 2 unspecified atom stereocenters. The number of fused-ring (bicyclic) bond motifs is 1. The first kappa shape index (κ1) is 35.9. The minimum atomic E-state index is -3.96. The van der Waals surface area contributed by atoms with E-state index in [9.17, 15) is 65.4 Å². The van der Waals surface area contributed by atoms with Gasteiger partial charge < -0.3 is 56.4 Å². The Hall–Kier alpha value is -3.44. The summed E-state index contributed by atoms with van der Waals surface area (Å²) in [6, 6.07) is 4.91. The molecule has 48 heavy (non-hydrogen) atoms. The van der Waals surface area contributed by atoms with Gasteiger partial charge in [0.05, 0.1) is 11.1 Å². The van der Waals surface area contributed by atoms with Crippen molar-refractivity contribution in [2.24, 2.45) is 0 Å². The van der Waals surface area contributed by atoms with Crippen LogP contribution in [-0.2, 0) is 31.5 Å². The Morgan fingerprint density at radius 1 is 0.979 bits per heavy atom. The van der Waals surface area contributed by atoms with E-state index in [0.717, 1.165) is 12.1 Å². The minimum absolute atomic E-state index is 0.0908. The largest absolute Gasteiger partial charge is 0.391 e. The number of carbonyl (C=O) groups is 3. The van der Waals surface area contributed by atoms with E-state index in [1.54, 1.807) is 0 Å². The third-order valence-corrected chi connectivity index (χ3v) is 8.82. The summed E-state index contributed by atoms with van der Waals surface area (Å²) in [5.41, 5.74) is -8.71. The number of nitrogens with zero attached hydrogens (tertiary/aromatic N) is 2. The van der Waals surface area contributed by atoms with Gasteiger partial charge in [-0.25, -0.2) is 4.39 Å². The predicted octanol–water partition coefficient (Wildman–Crippen LogP) is -9.07. The van der Waals surface area contributed by atoms with Crippen LogP contribution in [0.1, 0.15) is 39.9 Å². The van der Waals surface area contributed by atoms with Crippen LogP contribution in [-0.4, -0.2) is 139 Å². The number of rotatable bonds is 6. The lowest BCUT2D eigenvalue weighted by molar-refractivity contribution is -0.592. The molecule has 12 N–H and O–H groups in total. The quantitative estimate of drug-likeness (QED) is 0.0770. The Kier molecular flexibility index (Phi) is 8.05. The average molecular weight is 674 g/mol. The minimum Gasteiger partial charge on any atom is -0.391 e. The molecule has 0 aliphatic carbocycles. The zero-order chi connectivity index (χ0) is 36.2. The lowest BCUT2D eigenvalue weighted by Crippen LogP contribution is -2.87. The van der Waals surface area contributed by atoms with Crippen LogP contribution in [0.2, 0.25) is 0 Å². The fourth-order valence-corrected chi connectivity index (χ4v) is 6.26. The lowest BCUT2D eigenvalue weighted by Gasteiger charge is -2.61. The normalized spacial score (nSPS) is 28.6. The number of imide groups is 1. The van der Waals surface area contributed by atoms with Gasteiger partial charge in [0.2, 0.25) is 11.8 Å². The van der Waals surface area contributed by atoms with Crippen LogP contribution in [0, 0.1) is 5.82 Å². The number of halogens is 1. The number of hydrogen-bond donors (Lipinski definition) is 12. The van der Waals surface area contributed by atoms with Gasteiger partial charge in [-0.15, -0.1) is 0 Å². The van der Waals surface area contributed by atoms with Crippen molar-refractivity contribution in [2.45, 2.75) is 59.2 Å². The number of nitrogens with one attached hydrogen (secondary N) is 2. The molecule has 23 heteroatoms. The molecule has 2 aromatic rings. The van der Waals surface area contributed by atoms with E-state index < -0.39 is 80.4 Å². The molecular formula is C25H31B4FN4O14. The van der Waals surface area contributed by atoms with Crippen molar-refractivity contribution in [3.63, 3.8) is 0 Å². The van der Waals surface area contributed by atoms with Crippen LogP contribution < -0.4 is 10.6 Å². The Morgan fingerprint density at radius 2 is 1.60 bits per heavy atom. The molecule has 3 amide bonds. The zero-order valence-corrected chi connectivity index (χ0v) is 25.8. The van der Waals surface area contributed by atoms with Crippen molar-refractivity contribution < 1.29 is 74.6 Å². The van der Waals surface area contributed by atoms with Gasteiger partial charge in [-0.05, 0) is 30.2 Å². The van der Waals surface area contributed by atoms with Crippen LogP contribution in [0.15, 0.2) is 36.4 Å². The molecule has 2 fully saturated rings. The van der Waals surface area contributed by atoms with Gasteiger partial charge in [0.15, 0.2) is 27.0 Å². The summed E-state index contributed by atoms with van der Waals surface area (Å²) in [5.74, 6) is -18.4. The van der Waals surface area contributed by atoms with E-state index in [-0.39, 0.29) is 35.2 Å². The summed E-state index contributed by atoms with van der Waals surface area (Å²) in [7, 11) is 3.80. The number of ether oxygens (including phenoxy) is 1. The maximum atomic E-state index is 15.8. The topological polar surface area (TPSA) is 293 Å². The maximum absolute atomic E-state index is 15.8. The second-order valence-corrected chi connectivity index (χ2v) is 12.8. The van der Waals surface area contributed by atoms with Crippen molar-refractivity contribution >= 4 is 54.8 Å². The lowest BCUT2D eigenvalue weighted by atomic mass is 9.57. The van der Waals surface area contributed by atoms with Crippen molar-refractivity contribution in [1.29, 1.82) is 0 Å². The van der Waals surface area contributed by atoms with Crippen LogP contribution in [0.5, 0.6) is 0 Å². The second-order valence-electron chi connectivity index (χ2n) is 12.8. The molecule has 18 nitrogen and oxygen atoms in total. The highest BCUT2D eigenvalue weighted by Crippen LogP contribution is 2.47. The third kappa shape index (κ3) is 5.14. The number of hydrogen-bond acceptors (Lipinski definition) is 16. The molecule has 3 heterocycles. The molecule has 0 saturated carbocycles. The van der Waals surface area contributed by atoms with E-state index in [4.69, 9.17) is 0 Å². The van der Waals surface area contributed by atoms with E-state index in [0.29, 0.717) is 26.7 Å². The van der Waals surface area contributed by atoms with E-state index in [1.165, 1.54) is 33.9 Å². The monoisotopic (exact) mass is 674 g/mol. The first-order chi connectivity index (χ1) is 21.7. The summed E-state index contributed by atoms with van der Waals surface area (Å²) >= 11 is 0. The first-order valence-corrected chi connectivity index (χ1v) is 14.4. The average Bonchev–Trinajstić information content (AvgIpc) is 3.12. The Morgan fingerprint density at radius 3 is 2.19 bits per heavy atom. The van der Waals surface area contributed by atoms with Gasteiger partial charge in [-0.3, -0.25) is 29.3 Å². The number of aliphatic hydroxyl groups is 10. The van der Waals surface area contributed by atoms with Crippen LogP contribution in [0.4, 0.5) is 10.1 Å². The highest BCUT2D eigenvalue weighted by molar-refractivity contribution is 6.41. The fraction of sp³-hybridized carbons (Fsp3) is 0.400. The number of anilines is 1. The van der Waals surface area contributed by atoms with Gasteiger partial charge in [-0.1, -0.05) is 18.2 Å². The summed E-state index contributed by atoms with van der Waals surface area (Å²) in [5, 5.41) is 111. The summed E-state index contributed by atoms with van der Waals surface area (Å²) in [6.45, 7) is 0. The number of carbonyl (C=O) groups excluding carboxylic acids is 3. The van der Waals surface area contributed by atoms with Gasteiger partial charge in [0, 0.05) is 23.0 Å². The molecule has 0 bridgehead atoms. The van der Waals surface area contributed by atoms with E-state index >= 15 is 4.39 Å². The molecule has 3 atom stereocenters. The molecule has 0 radical (unpaired) electrons. The van der Waals surface area contributed by atoms with Crippen molar-refractivity contribution in [3.05, 3.63) is 64.5 Å². The van der Waals surface area contributed by atoms with E-state index in [1.807, 2.05) is 5.32 Å². The van der Waals surface area contributed by atoms with Crippen LogP contribution in [0.25, 0.3) is 0 Å². The SMILES string of the molecule is BC(B)(Nc1cccc2c1C(O)(O)N([C@H]1CCC(=O)NC1=O)C2=O)c1ccc(C(O)(O)N2C(B)(O)C(O)(O)OC(B)(O)C2(O)O)cc1F. The van der Waals surface area contributed by atoms with Gasteiger partial charge in [0.1, 0.15) is 27.6 Å². The summed E-state index contributed by atoms with van der Waals surface area (Å²) < 4.78 is 20.2. The van der Waals surface area contributed by atoms with Gasteiger partial charge in [-0.2, -0.15) is 4.90 Å².